The Morgan fingerprint density at radius 2 is 1.62 bits per heavy atom. The van der Waals surface area contributed by atoms with Gasteiger partial charge in [-0.1, -0.05) is 48.5 Å². The number of aryl methyl sites for hydroxylation is 1. The van der Waals surface area contributed by atoms with Gasteiger partial charge in [0.15, 0.2) is 5.69 Å². The summed E-state index contributed by atoms with van der Waals surface area (Å²) in [6.07, 6.45) is -1.39. The minimum Gasteiger partial charge on any atom is -0.442 e. The number of carbonyl (C=O) groups excluding carboxylic acids is 3. The van der Waals surface area contributed by atoms with Crippen molar-refractivity contribution in [1.82, 2.24) is 20.4 Å². The van der Waals surface area contributed by atoms with Crippen LogP contribution in [0.1, 0.15) is 22.2 Å². The highest BCUT2D eigenvalue weighted by atomic mass is 16.5. The molecule has 0 radical (unpaired) electrons. The van der Waals surface area contributed by atoms with Crippen molar-refractivity contribution in [3.8, 4) is 0 Å². The summed E-state index contributed by atoms with van der Waals surface area (Å²) >= 11 is 0. The molecule has 1 unspecified atom stereocenters. The molecule has 1 aromatic heterocycles. The Morgan fingerprint density at radius 3 is 2.28 bits per heavy atom. The third-order valence-corrected chi connectivity index (χ3v) is 4.18. The zero-order valence-corrected chi connectivity index (χ0v) is 15.7. The molecular weight excluding hydrogens is 376 g/mol. The van der Waals surface area contributed by atoms with Crippen LogP contribution in [0.2, 0.25) is 0 Å². The summed E-state index contributed by atoms with van der Waals surface area (Å²) in [5, 5.41) is 8.97. The number of fused-ring (bicyclic) bond motifs is 1. The van der Waals surface area contributed by atoms with Gasteiger partial charge >= 0.3 is 12.0 Å². The second-order valence-electron chi connectivity index (χ2n) is 6.09. The van der Waals surface area contributed by atoms with E-state index < -0.39 is 24.0 Å². The first-order valence-corrected chi connectivity index (χ1v) is 8.67. The molecule has 0 fully saturated rings. The van der Waals surface area contributed by atoms with Crippen molar-refractivity contribution in [3.05, 3.63) is 76.2 Å². The summed E-state index contributed by atoms with van der Waals surface area (Å²) < 4.78 is 6.45. The fourth-order valence-corrected chi connectivity index (χ4v) is 2.75. The Bertz CT molecular complexity index is 1140. The van der Waals surface area contributed by atoms with Gasteiger partial charge < -0.3 is 10.1 Å². The quantitative estimate of drug-likeness (QED) is 0.644. The molecule has 0 saturated heterocycles. The SMILES string of the molecule is CNC(=O)NC(=O)C(OC(=O)c1nn(C)c(=O)c2ccccc12)c1ccccc1. The minimum atomic E-state index is -1.39. The van der Waals surface area contributed by atoms with Crippen LogP contribution >= 0.6 is 0 Å². The number of hydrogen-bond donors (Lipinski definition) is 2. The first kappa shape index (κ1) is 19.7. The Kier molecular flexibility index (Phi) is 5.68. The molecular formula is C20H18N4O5. The van der Waals surface area contributed by atoms with Crippen LogP contribution < -0.4 is 16.2 Å². The summed E-state index contributed by atoms with van der Waals surface area (Å²) in [6.45, 7) is 0. The van der Waals surface area contributed by atoms with E-state index in [4.69, 9.17) is 4.74 Å². The van der Waals surface area contributed by atoms with Crippen LogP contribution in [-0.4, -0.2) is 34.7 Å². The summed E-state index contributed by atoms with van der Waals surface area (Å²) in [5.74, 6) is -1.73. The van der Waals surface area contributed by atoms with Crippen LogP contribution in [0.25, 0.3) is 10.8 Å². The van der Waals surface area contributed by atoms with Gasteiger partial charge in [-0.15, -0.1) is 0 Å². The topological polar surface area (TPSA) is 119 Å². The van der Waals surface area contributed by atoms with Crippen LogP contribution in [0.15, 0.2) is 59.4 Å². The molecule has 1 atom stereocenters. The number of amides is 3. The smallest absolute Gasteiger partial charge is 0.360 e. The highest BCUT2D eigenvalue weighted by Gasteiger charge is 2.28. The first-order valence-electron chi connectivity index (χ1n) is 8.67. The largest absolute Gasteiger partial charge is 0.442 e. The van der Waals surface area contributed by atoms with E-state index in [1.54, 1.807) is 54.6 Å². The van der Waals surface area contributed by atoms with Crippen LogP contribution in [0.4, 0.5) is 4.79 Å². The van der Waals surface area contributed by atoms with Crippen molar-refractivity contribution in [2.24, 2.45) is 7.05 Å². The lowest BCUT2D eigenvalue weighted by molar-refractivity contribution is -0.129. The van der Waals surface area contributed by atoms with Gasteiger partial charge in [0, 0.05) is 25.0 Å². The predicted octanol–water partition coefficient (Wildman–Crippen LogP) is 1.29. The van der Waals surface area contributed by atoms with Gasteiger partial charge in [-0.3, -0.25) is 14.9 Å². The number of aromatic nitrogens is 2. The van der Waals surface area contributed by atoms with Crippen molar-refractivity contribution in [3.63, 3.8) is 0 Å². The number of imide groups is 1. The molecule has 0 aliphatic heterocycles. The molecule has 3 amide bonds. The normalized spacial score (nSPS) is 11.5. The van der Waals surface area contributed by atoms with E-state index >= 15 is 0 Å². The van der Waals surface area contributed by atoms with Crippen LogP contribution in [0.5, 0.6) is 0 Å². The summed E-state index contributed by atoms with van der Waals surface area (Å²) in [6, 6.07) is 14.0. The summed E-state index contributed by atoms with van der Waals surface area (Å²) in [5.41, 5.74) is -0.109. The van der Waals surface area contributed by atoms with Gasteiger partial charge in [0.25, 0.3) is 11.5 Å². The standard InChI is InChI=1S/C20H18N4O5/c1-21-20(28)22-17(25)16(12-8-4-3-5-9-12)29-19(27)15-13-10-6-7-11-14(13)18(26)24(2)23-15/h3-11,16H,1-2H3,(H2,21,22,25,28). The Hall–Kier alpha value is -4.01. The average Bonchev–Trinajstić information content (AvgIpc) is 2.74. The molecule has 1 heterocycles. The lowest BCUT2D eigenvalue weighted by atomic mass is 10.1. The molecule has 3 aromatic rings. The molecule has 0 bridgehead atoms. The molecule has 29 heavy (non-hydrogen) atoms. The molecule has 0 aliphatic carbocycles. The maximum Gasteiger partial charge on any atom is 0.360 e. The molecule has 9 heteroatoms. The van der Waals surface area contributed by atoms with E-state index in [0.29, 0.717) is 16.3 Å². The molecule has 0 spiro atoms. The maximum atomic E-state index is 12.9. The van der Waals surface area contributed by atoms with E-state index in [-0.39, 0.29) is 11.3 Å². The second kappa shape index (κ2) is 8.34. The van der Waals surface area contributed by atoms with Crippen molar-refractivity contribution >= 4 is 28.7 Å². The number of urea groups is 1. The van der Waals surface area contributed by atoms with Gasteiger partial charge in [0.05, 0.1) is 5.39 Å². The number of nitrogens with one attached hydrogen (secondary N) is 2. The van der Waals surface area contributed by atoms with E-state index in [9.17, 15) is 19.2 Å². The third-order valence-electron chi connectivity index (χ3n) is 4.18. The van der Waals surface area contributed by atoms with Gasteiger partial charge in [-0.05, 0) is 6.07 Å². The lowest BCUT2D eigenvalue weighted by Crippen LogP contribution is -2.41. The fourth-order valence-electron chi connectivity index (χ4n) is 2.75. The van der Waals surface area contributed by atoms with E-state index in [1.165, 1.54) is 14.1 Å². The number of ether oxygens (including phenoxy) is 1. The maximum absolute atomic E-state index is 12.9. The van der Waals surface area contributed by atoms with Gasteiger partial charge in [-0.25, -0.2) is 14.3 Å². The first-order chi connectivity index (χ1) is 13.9. The number of nitrogens with zero attached hydrogens (tertiary/aromatic N) is 2. The Balaban J connectivity index is 2.00. The highest BCUT2D eigenvalue weighted by molar-refractivity contribution is 6.04. The number of benzene rings is 2. The summed E-state index contributed by atoms with van der Waals surface area (Å²) in [4.78, 5) is 49.2. The van der Waals surface area contributed by atoms with Crippen molar-refractivity contribution in [2.45, 2.75) is 6.10 Å². The number of rotatable bonds is 4. The van der Waals surface area contributed by atoms with Gasteiger partial charge in [0.1, 0.15) is 0 Å². The lowest BCUT2D eigenvalue weighted by Gasteiger charge is -2.18. The zero-order valence-electron chi connectivity index (χ0n) is 15.7. The van der Waals surface area contributed by atoms with Crippen LogP contribution in [0, 0.1) is 0 Å². The molecule has 2 aromatic carbocycles. The molecule has 9 nitrogen and oxygen atoms in total. The molecule has 0 saturated carbocycles. The van der Waals surface area contributed by atoms with E-state index in [0.717, 1.165) is 4.68 Å². The Labute approximate surface area is 165 Å². The average molecular weight is 394 g/mol. The van der Waals surface area contributed by atoms with Crippen LogP contribution in [0.3, 0.4) is 0 Å². The zero-order chi connectivity index (χ0) is 21.0. The van der Waals surface area contributed by atoms with E-state index in [2.05, 4.69) is 15.7 Å². The molecule has 148 valence electrons. The summed E-state index contributed by atoms with van der Waals surface area (Å²) in [7, 11) is 2.77. The Morgan fingerprint density at radius 1 is 1.00 bits per heavy atom. The monoisotopic (exact) mass is 394 g/mol. The number of hydrogen-bond acceptors (Lipinski definition) is 6. The second-order valence-corrected chi connectivity index (χ2v) is 6.09. The predicted molar refractivity (Wildman–Crippen MR) is 104 cm³/mol. The highest BCUT2D eigenvalue weighted by Crippen LogP contribution is 2.21. The van der Waals surface area contributed by atoms with Crippen molar-refractivity contribution in [1.29, 1.82) is 0 Å². The van der Waals surface area contributed by atoms with Crippen LogP contribution in [-0.2, 0) is 16.6 Å². The van der Waals surface area contributed by atoms with E-state index in [1.807, 2.05) is 0 Å². The van der Waals surface area contributed by atoms with Crippen molar-refractivity contribution < 1.29 is 19.1 Å². The number of carbonyl (C=O) groups is 3. The third kappa shape index (κ3) is 4.13. The minimum absolute atomic E-state index is 0.114. The molecule has 0 aliphatic rings. The van der Waals surface area contributed by atoms with Gasteiger partial charge in [-0.2, -0.15) is 5.10 Å². The van der Waals surface area contributed by atoms with Crippen molar-refractivity contribution in [2.75, 3.05) is 7.05 Å². The number of esters is 1. The molecule has 2 N–H and O–H groups in total. The fraction of sp³-hybridized carbons (Fsp3) is 0.150. The van der Waals surface area contributed by atoms with Gasteiger partial charge in [0.2, 0.25) is 6.10 Å². The molecule has 3 rings (SSSR count).